The number of benzene rings is 1. The minimum absolute atomic E-state index is 0.437. The van der Waals surface area contributed by atoms with E-state index in [9.17, 15) is 18.0 Å². The van der Waals surface area contributed by atoms with Crippen molar-refractivity contribution in [1.29, 1.82) is 0 Å². The number of carbonyl (C=O) groups is 1. The van der Waals surface area contributed by atoms with Gasteiger partial charge in [0.25, 0.3) is 0 Å². The normalized spacial score (nSPS) is 16.0. The standard InChI is InChI=1S/C14H19F3N2O2/c1-4-11(9-5-7-10(21-3)8-6-9)19-12(20)13(2,18)14(15,16)17/h5-8,11H,4,18H2,1-3H3,(H,19,20). The van der Waals surface area contributed by atoms with Gasteiger partial charge in [-0.1, -0.05) is 19.1 Å². The Kier molecular flexibility index (Phi) is 5.22. The minimum Gasteiger partial charge on any atom is -0.497 e. The molecule has 118 valence electrons. The summed E-state index contributed by atoms with van der Waals surface area (Å²) in [6.45, 7) is 2.42. The highest BCUT2D eigenvalue weighted by Crippen LogP contribution is 2.29. The van der Waals surface area contributed by atoms with Crippen molar-refractivity contribution in [1.82, 2.24) is 5.32 Å². The molecule has 1 aromatic carbocycles. The first-order chi connectivity index (χ1) is 9.63. The van der Waals surface area contributed by atoms with Gasteiger partial charge in [-0.05, 0) is 31.0 Å². The zero-order chi connectivity index (χ0) is 16.3. The molecule has 2 unspecified atom stereocenters. The maximum atomic E-state index is 12.7. The van der Waals surface area contributed by atoms with Gasteiger partial charge in [0, 0.05) is 0 Å². The van der Waals surface area contributed by atoms with Crippen LogP contribution in [0.4, 0.5) is 13.2 Å². The molecule has 4 nitrogen and oxygen atoms in total. The summed E-state index contributed by atoms with van der Waals surface area (Å²) in [6, 6.07) is 6.18. The fourth-order valence-electron chi connectivity index (χ4n) is 1.69. The average molecular weight is 304 g/mol. The molecule has 0 spiro atoms. The average Bonchev–Trinajstić information content (AvgIpc) is 2.43. The Hall–Kier alpha value is -1.76. The zero-order valence-corrected chi connectivity index (χ0v) is 12.1. The number of hydrogen-bond donors (Lipinski definition) is 2. The van der Waals surface area contributed by atoms with Crippen LogP contribution in [-0.4, -0.2) is 24.7 Å². The minimum atomic E-state index is -4.81. The fraction of sp³-hybridized carbons (Fsp3) is 0.500. The number of methoxy groups -OCH3 is 1. The van der Waals surface area contributed by atoms with Crippen LogP contribution in [0.15, 0.2) is 24.3 Å². The molecular weight excluding hydrogens is 285 g/mol. The van der Waals surface area contributed by atoms with Gasteiger partial charge in [0.15, 0.2) is 5.54 Å². The second kappa shape index (κ2) is 6.34. The van der Waals surface area contributed by atoms with Crippen LogP contribution in [0.2, 0.25) is 0 Å². The van der Waals surface area contributed by atoms with Gasteiger partial charge in [-0.2, -0.15) is 13.2 Å². The summed E-state index contributed by atoms with van der Waals surface area (Å²) < 4.78 is 43.2. The lowest BCUT2D eigenvalue weighted by molar-refractivity contribution is -0.187. The van der Waals surface area contributed by atoms with Gasteiger partial charge in [0.2, 0.25) is 5.91 Å². The highest BCUT2D eigenvalue weighted by Gasteiger charge is 2.54. The Labute approximate surface area is 121 Å². The largest absolute Gasteiger partial charge is 0.497 e. The molecule has 0 heterocycles. The summed E-state index contributed by atoms with van der Waals surface area (Å²) in [6.07, 6.45) is -4.37. The van der Waals surface area contributed by atoms with Crippen LogP contribution in [0.5, 0.6) is 5.75 Å². The molecule has 2 atom stereocenters. The predicted molar refractivity (Wildman–Crippen MR) is 72.8 cm³/mol. The van der Waals surface area contributed by atoms with Gasteiger partial charge in [-0.3, -0.25) is 4.79 Å². The van der Waals surface area contributed by atoms with E-state index in [0.29, 0.717) is 24.7 Å². The van der Waals surface area contributed by atoms with E-state index in [1.807, 2.05) is 0 Å². The van der Waals surface area contributed by atoms with E-state index >= 15 is 0 Å². The molecule has 0 aliphatic carbocycles. The first-order valence-corrected chi connectivity index (χ1v) is 6.44. The summed E-state index contributed by atoms with van der Waals surface area (Å²) >= 11 is 0. The van der Waals surface area contributed by atoms with Crippen LogP contribution in [0, 0.1) is 0 Å². The van der Waals surface area contributed by atoms with E-state index in [2.05, 4.69) is 5.32 Å². The van der Waals surface area contributed by atoms with Crippen LogP contribution >= 0.6 is 0 Å². The number of hydrogen-bond acceptors (Lipinski definition) is 3. The molecule has 0 saturated carbocycles. The molecule has 0 radical (unpaired) electrons. The number of ether oxygens (including phenoxy) is 1. The van der Waals surface area contributed by atoms with Crippen molar-refractivity contribution in [3.8, 4) is 5.75 Å². The zero-order valence-electron chi connectivity index (χ0n) is 12.1. The first-order valence-electron chi connectivity index (χ1n) is 6.44. The van der Waals surface area contributed by atoms with E-state index in [0.717, 1.165) is 0 Å². The monoisotopic (exact) mass is 304 g/mol. The van der Waals surface area contributed by atoms with Crippen molar-refractivity contribution in [3.63, 3.8) is 0 Å². The van der Waals surface area contributed by atoms with Crippen molar-refractivity contribution in [2.24, 2.45) is 5.73 Å². The highest BCUT2D eigenvalue weighted by atomic mass is 19.4. The molecule has 1 rings (SSSR count). The molecule has 0 aliphatic heterocycles. The molecular formula is C14H19F3N2O2. The van der Waals surface area contributed by atoms with Crippen molar-refractivity contribution in [2.75, 3.05) is 7.11 Å². The second-order valence-electron chi connectivity index (χ2n) is 4.91. The lowest BCUT2D eigenvalue weighted by Crippen LogP contribution is -2.61. The Morgan fingerprint density at radius 3 is 2.24 bits per heavy atom. The first kappa shape index (κ1) is 17.3. The number of carbonyl (C=O) groups excluding carboxylic acids is 1. The Morgan fingerprint density at radius 1 is 1.33 bits per heavy atom. The maximum Gasteiger partial charge on any atom is 0.415 e. The van der Waals surface area contributed by atoms with Crippen molar-refractivity contribution >= 4 is 5.91 Å². The third kappa shape index (κ3) is 3.87. The van der Waals surface area contributed by atoms with E-state index in [4.69, 9.17) is 10.5 Å². The molecule has 1 aromatic rings. The molecule has 0 fully saturated rings. The maximum absolute atomic E-state index is 12.7. The van der Waals surface area contributed by atoms with Gasteiger partial charge < -0.3 is 15.8 Å². The van der Waals surface area contributed by atoms with E-state index in [-0.39, 0.29) is 0 Å². The Balaban J connectivity index is 2.89. The van der Waals surface area contributed by atoms with Crippen LogP contribution < -0.4 is 15.8 Å². The van der Waals surface area contributed by atoms with Crippen LogP contribution in [0.1, 0.15) is 31.9 Å². The smallest absolute Gasteiger partial charge is 0.415 e. The van der Waals surface area contributed by atoms with Gasteiger partial charge >= 0.3 is 6.18 Å². The summed E-state index contributed by atoms with van der Waals surface area (Å²) in [5.74, 6) is -0.628. The molecule has 0 saturated heterocycles. The topological polar surface area (TPSA) is 64.4 Å². The van der Waals surface area contributed by atoms with E-state index in [1.165, 1.54) is 7.11 Å². The molecule has 0 bridgehead atoms. The van der Waals surface area contributed by atoms with Gasteiger partial charge in [0.1, 0.15) is 5.75 Å². The fourth-order valence-corrected chi connectivity index (χ4v) is 1.69. The SMILES string of the molecule is CCC(NC(=O)C(C)(N)C(F)(F)F)c1ccc(OC)cc1. The number of nitrogens with two attached hydrogens (primary N) is 1. The third-order valence-electron chi connectivity index (χ3n) is 3.29. The predicted octanol–water partition coefficient (Wildman–Crippen LogP) is 2.54. The number of halogens is 3. The van der Waals surface area contributed by atoms with E-state index in [1.54, 1.807) is 31.2 Å². The second-order valence-corrected chi connectivity index (χ2v) is 4.91. The summed E-state index contributed by atoms with van der Waals surface area (Å²) in [7, 11) is 1.51. The van der Waals surface area contributed by atoms with Crippen LogP contribution in [0.25, 0.3) is 0 Å². The summed E-state index contributed by atoms with van der Waals surface area (Å²) in [5.41, 5.74) is 2.87. The third-order valence-corrected chi connectivity index (χ3v) is 3.29. The van der Waals surface area contributed by atoms with Gasteiger partial charge in [-0.15, -0.1) is 0 Å². The van der Waals surface area contributed by atoms with E-state index < -0.39 is 23.7 Å². The highest BCUT2D eigenvalue weighted by molar-refractivity contribution is 5.87. The number of alkyl halides is 3. The molecule has 21 heavy (non-hydrogen) atoms. The van der Waals surface area contributed by atoms with Gasteiger partial charge in [0.05, 0.1) is 13.2 Å². The Bertz CT molecular complexity index is 484. The molecule has 7 heteroatoms. The quantitative estimate of drug-likeness (QED) is 0.878. The van der Waals surface area contributed by atoms with Crippen molar-refractivity contribution < 1.29 is 22.7 Å². The summed E-state index contributed by atoms with van der Waals surface area (Å²) in [5, 5.41) is 2.34. The number of nitrogens with one attached hydrogen (secondary N) is 1. The number of rotatable bonds is 5. The number of amides is 1. The van der Waals surface area contributed by atoms with Crippen molar-refractivity contribution in [3.05, 3.63) is 29.8 Å². The Morgan fingerprint density at radius 2 is 1.86 bits per heavy atom. The molecule has 0 aromatic heterocycles. The van der Waals surface area contributed by atoms with Crippen molar-refractivity contribution in [2.45, 2.75) is 38.0 Å². The molecule has 1 amide bonds. The lowest BCUT2D eigenvalue weighted by Gasteiger charge is -2.29. The molecule has 3 N–H and O–H groups in total. The van der Waals surface area contributed by atoms with Crippen LogP contribution in [-0.2, 0) is 4.79 Å². The molecule has 0 aliphatic rings. The lowest BCUT2D eigenvalue weighted by atomic mass is 9.99. The summed E-state index contributed by atoms with van der Waals surface area (Å²) in [4.78, 5) is 11.8. The van der Waals surface area contributed by atoms with Crippen LogP contribution in [0.3, 0.4) is 0 Å². The van der Waals surface area contributed by atoms with Gasteiger partial charge in [-0.25, -0.2) is 0 Å².